The second-order valence-electron chi connectivity index (χ2n) is 12.8. The zero-order valence-corrected chi connectivity index (χ0v) is 29.7. The van der Waals surface area contributed by atoms with Crippen LogP contribution in [0, 0.1) is 18.3 Å². The number of carboxylic acid groups (broad SMARTS) is 1. The number of pyridine rings is 1. The van der Waals surface area contributed by atoms with Crippen LogP contribution in [0.15, 0.2) is 73.1 Å². The molecule has 272 valence electrons. The summed E-state index contributed by atoms with van der Waals surface area (Å²) in [6.07, 6.45) is 3.41. The van der Waals surface area contributed by atoms with E-state index in [0.29, 0.717) is 53.4 Å². The Morgan fingerprint density at radius 2 is 1.85 bits per heavy atom. The van der Waals surface area contributed by atoms with Crippen LogP contribution in [0.25, 0.3) is 11.1 Å². The fourth-order valence-electron chi connectivity index (χ4n) is 5.68. The van der Waals surface area contributed by atoms with Gasteiger partial charge in [-0.25, -0.2) is 0 Å². The zero-order chi connectivity index (χ0) is 37.3. The van der Waals surface area contributed by atoms with Gasteiger partial charge in [0, 0.05) is 49.2 Å². The Hall–Kier alpha value is -5.19. The largest absolute Gasteiger partial charge is 0.493 e. The molecule has 2 heterocycles. The third-order valence-corrected chi connectivity index (χ3v) is 9.26. The quantitative estimate of drug-likeness (QED) is 0.122. The predicted molar refractivity (Wildman–Crippen MR) is 193 cm³/mol. The highest BCUT2D eigenvalue weighted by molar-refractivity contribution is 6.32. The number of carbonyl (C=O) groups excluding carboxylic acids is 1. The molecule has 1 aliphatic heterocycles. The fraction of sp³-hybridized carbons (Fsp3) is 0.333. The van der Waals surface area contributed by atoms with Gasteiger partial charge in [-0.05, 0) is 66.8 Å². The van der Waals surface area contributed by atoms with E-state index in [9.17, 15) is 30.2 Å². The minimum Gasteiger partial charge on any atom is -0.493 e. The molecular weight excluding hydrogens is 688 g/mol. The molecule has 0 bridgehead atoms. The maximum atomic E-state index is 12.4. The van der Waals surface area contributed by atoms with Gasteiger partial charge in [-0.15, -0.1) is 0 Å². The summed E-state index contributed by atoms with van der Waals surface area (Å²) < 4.78 is 18.3. The summed E-state index contributed by atoms with van der Waals surface area (Å²) in [5, 5.41) is 41.5. The highest BCUT2D eigenvalue weighted by Crippen LogP contribution is 2.35. The van der Waals surface area contributed by atoms with E-state index in [4.69, 9.17) is 25.8 Å². The Bertz CT molecular complexity index is 1950. The number of aromatic nitrogens is 1. The summed E-state index contributed by atoms with van der Waals surface area (Å²) in [7, 11) is 0. The molecule has 4 aromatic rings. The number of hydrogen-bond donors (Lipinski definition) is 4. The molecule has 1 aliphatic rings. The lowest BCUT2D eigenvalue weighted by Crippen LogP contribution is -2.52. The maximum Gasteiger partial charge on any atom is 0.326 e. The van der Waals surface area contributed by atoms with Crippen LogP contribution in [0.4, 0.5) is 0 Å². The van der Waals surface area contributed by atoms with Gasteiger partial charge in [0.05, 0.1) is 36.3 Å². The molecule has 1 amide bonds. The first-order valence-electron chi connectivity index (χ1n) is 16.8. The average Bonchev–Trinajstić information content (AvgIpc) is 3.59. The number of benzene rings is 3. The van der Waals surface area contributed by atoms with Gasteiger partial charge in [0.15, 0.2) is 0 Å². The average molecular weight is 729 g/mol. The third kappa shape index (κ3) is 9.57. The van der Waals surface area contributed by atoms with Crippen LogP contribution in [0.1, 0.15) is 47.6 Å². The number of rotatable bonds is 16. The van der Waals surface area contributed by atoms with Gasteiger partial charge in [-0.1, -0.05) is 41.9 Å². The number of aliphatic hydroxyl groups excluding tert-OH is 2. The molecule has 1 aromatic heterocycles. The van der Waals surface area contributed by atoms with Crippen LogP contribution in [0.2, 0.25) is 5.02 Å². The first-order chi connectivity index (χ1) is 25.0. The lowest BCUT2D eigenvalue weighted by Gasteiger charge is -2.25. The fourth-order valence-corrected chi connectivity index (χ4v) is 5.92. The standard InChI is InChI=1S/C39H41ClN4O8/c1-25-29(6-4-8-33(25)28-5-3-7-32(14-28)50-12-10-37(47)44-11-9-31(46)21-44)23-52-36-16-35(51-22-27-13-26(17-41)18-42-19-27)30(15-34(36)40)20-43-39(2,24-45)38(48)49/h3-8,13-16,18-19,31,43,45-46H,9-12,20-24H2,1-2H3,(H,48,49)/t31-,39?/m1/s1. The summed E-state index contributed by atoms with van der Waals surface area (Å²) in [5.74, 6) is 0.0883. The molecule has 1 unspecified atom stereocenters. The highest BCUT2D eigenvalue weighted by atomic mass is 35.5. The molecule has 0 saturated carbocycles. The number of amides is 1. The topological polar surface area (TPSA) is 174 Å². The van der Waals surface area contributed by atoms with Gasteiger partial charge in [-0.2, -0.15) is 5.26 Å². The van der Waals surface area contributed by atoms with Gasteiger partial charge in [0.1, 0.15) is 42.1 Å². The van der Waals surface area contributed by atoms with Crippen LogP contribution in [0.3, 0.4) is 0 Å². The number of hydrogen-bond acceptors (Lipinski definition) is 10. The summed E-state index contributed by atoms with van der Waals surface area (Å²) in [4.78, 5) is 30.0. The highest BCUT2D eigenvalue weighted by Gasteiger charge is 2.32. The molecule has 1 fully saturated rings. The number of aliphatic hydroxyl groups is 2. The molecule has 12 nitrogen and oxygen atoms in total. The van der Waals surface area contributed by atoms with E-state index in [1.165, 1.54) is 13.1 Å². The molecule has 5 rings (SSSR count). The molecule has 0 aliphatic carbocycles. The Morgan fingerprint density at radius 3 is 2.58 bits per heavy atom. The van der Waals surface area contributed by atoms with E-state index in [2.05, 4.69) is 16.4 Å². The SMILES string of the molecule is Cc1c(COc2cc(OCc3cncc(C#N)c3)c(CNC(C)(CO)C(=O)O)cc2Cl)cccc1-c1cccc(OCCC(=O)N2CC[C@@H](O)C2)c1. The molecule has 1 saturated heterocycles. The minimum absolute atomic E-state index is 0.0119. The number of nitrogens with zero attached hydrogens (tertiary/aromatic N) is 3. The molecule has 2 atom stereocenters. The van der Waals surface area contributed by atoms with E-state index < -0.39 is 24.2 Å². The normalized spacial score (nSPS) is 15.1. The lowest BCUT2D eigenvalue weighted by molar-refractivity contribution is -0.146. The number of carbonyl (C=O) groups is 2. The van der Waals surface area contributed by atoms with Gasteiger partial charge in [0.25, 0.3) is 0 Å². The number of ether oxygens (including phenoxy) is 3. The van der Waals surface area contributed by atoms with Crippen molar-refractivity contribution in [1.82, 2.24) is 15.2 Å². The van der Waals surface area contributed by atoms with Crippen LogP contribution in [0.5, 0.6) is 17.2 Å². The Labute approximate surface area is 307 Å². The van der Waals surface area contributed by atoms with E-state index in [1.807, 2.05) is 49.4 Å². The van der Waals surface area contributed by atoms with E-state index in [-0.39, 0.29) is 43.7 Å². The summed E-state index contributed by atoms with van der Waals surface area (Å²) in [6.45, 7) is 4.15. The Morgan fingerprint density at radius 1 is 1.06 bits per heavy atom. The summed E-state index contributed by atoms with van der Waals surface area (Å²) in [5.41, 5.74) is 3.76. The van der Waals surface area contributed by atoms with Crippen molar-refractivity contribution in [1.29, 1.82) is 5.26 Å². The summed E-state index contributed by atoms with van der Waals surface area (Å²) in [6, 6.07) is 20.5. The van der Waals surface area contributed by atoms with Gasteiger partial charge < -0.3 is 34.4 Å². The molecule has 4 N–H and O–H groups in total. The molecule has 0 spiro atoms. The van der Waals surface area contributed by atoms with Gasteiger partial charge >= 0.3 is 5.97 Å². The number of likely N-dealkylation sites (tertiary alicyclic amines) is 1. The van der Waals surface area contributed by atoms with Crippen molar-refractivity contribution in [2.45, 2.75) is 58.1 Å². The lowest BCUT2D eigenvalue weighted by atomic mass is 9.96. The van der Waals surface area contributed by atoms with Crippen LogP contribution < -0.4 is 19.5 Å². The Kier molecular flexibility index (Phi) is 12.7. The molecule has 3 aromatic carbocycles. The van der Waals surface area contributed by atoms with E-state index in [1.54, 1.807) is 29.3 Å². The van der Waals surface area contributed by atoms with Crippen molar-refractivity contribution >= 4 is 23.5 Å². The van der Waals surface area contributed by atoms with Crippen molar-refractivity contribution in [2.75, 3.05) is 26.3 Å². The summed E-state index contributed by atoms with van der Waals surface area (Å²) >= 11 is 6.69. The van der Waals surface area contributed by atoms with Crippen LogP contribution >= 0.6 is 11.6 Å². The number of carboxylic acids is 1. The van der Waals surface area contributed by atoms with Crippen molar-refractivity contribution in [3.63, 3.8) is 0 Å². The third-order valence-electron chi connectivity index (χ3n) is 8.97. The molecule has 13 heteroatoms. The van der Waals surface area contributed by atoms with Crippen molar-refractivity contribution in [3.05, 3.63) is 106 Å². The zero-order valence-electron chi connectivity index (χ0n) is 29.0. The van der Waals surface area contributed by atoms with E-state index in [0.717, 1.165) is 22.3 Å². The van der Waals surface area contributed by atoms with Crippen LogP contribution in [-0.4, -0.2) is 75.0 Å². The first kappa shape index (κ1) is 38.1. The van der Waals surface area contributed by atoms with Gasteiger partial charge in [0.2, 0.25) is 5.91 Å². The molecule has 52 heavy (non-hydrogen) atoms. The number of nitriles is 1. The smallest absolute Gasteiger partial charge is 0.326 e. The minimum atomic E-state index is -1.60. The number of aliphatic carboxylic acids is 1. The Balaban J connectivity index is 1.30. The number of β-amino-alcohol motifs (C(OH)–C–C–N with tert-alkyl or cyclic N) is 1. The predicted octanol–water partition coefficient (Wildman–Crippen LogP) is 5.03. The molecular formula is C39H41ClN4O8. The monoisotopic (exact) mass is 728 g/mol. The van der Waals surface area contributed by atoms with Crippen molar-refractivity contribution in [2.24, 2.45) is 0 Å². The van der Waals surface area contributed by atoms with Crippen molar-refractivity contribution < 1.29 is 39.1 Å². The second-order valence-corrected chi connectivity index (χ2v) is 13.2. The second kappa shape index (κ2) is 17.4. The van der Waals surface area contributed by atoms with E-state index >= 15 is 0 Å². The van der Waals surface area contributed by atoms with Crippen LogP contribution in [-0.2, 0) is 29.3 Å². The first-order valence-corrected chi connectivity index (χ1v) is 17.2. The van der Waals surface area contributed by atoms with Gasteiger partial charge in [-0.3, -0.25) is 19.9 Å². The number of nitrogens with one attached hydrogen (secondary N) is 1. The van der Waals surface area contributed by atoms with Crippen molar-refractivity contribution in [3.8, 4) is 34.4 Å². The maximum absolute atomic E-state index is 12.4. The molecule has 0 radical (unpaired) electrons. The number of halogens is 1.